The number of piperidine rings is 1. The van der Waals surface area contributed by atoms with Crippen molar-refractivity contribution in [2.75, 3.05) is 20.8 Å². The van der Waals surface area contributed by atoms with Gasteiger partial charge in [0.2, 0.25) is 5.91 Å². The zero-order valence-electron chi connectivity index (χ0n) is 11.5. The van der Waals surface area contributed by atoms with Gasteiger partial charge in [-0.3, -0.25) is 14.5 Å². The Labute approximate surface area is 113 Å². The molecule has 2 aliphatic rings. The van der Waals surface area contributed by atoms with Crippen molar-refractivity contribution in [1.29, 1.82) is 0 Å². The first-order chi connectivity index (χ1) is 9.06. The van der Waals surface area contributed by atoms with Gasteiger partial charge in [0.1, 0.15) is 0 Å². The van der Waals surface area contributed by atoms with Crippen molar-refractivity contribution in [1.82, 2.24) is 10.2 Å². The lowest BCUT2D eigenvalue weighted by atomic mass is 9.98. The Morgan fingerprint density at radius 2 is 2.21 bits per heavy atom. The van der Waals surface area contributed by atoms with Gasteiger partial charge >= 0.3 is 5.97 Å². The molecule has 6 heteroatoms. The number of nitrogens with zero attached hydrogens (tertiary/aromatic N) is 1. The predicted molar refractivity (Wildman–Crippen MR) is 68.3 cm³/mol. The Bertz CT molecular complexity index is 359. The predicted octanol–water partition coefficient (Wildman–Crippen LogP) is -0.491. The molecular weight excluding hydrogens is 248 g/mol. The zero-order valence-corrected chi connectivity index (χ0v) is 11.5. The molecule has 0 aromatic carbocycles. The third kappa shape index (κ3) is 2.90. The first-order valence-electron chi connectivity index (χ1n) is 6.76. The normalized spacial score (nSPS) is 31.2. The highest BCUT2D eigenvalue weighted by atomic mass is 16.5. The number of nitrogens with one attached hydrogen (secondary N) is 1. The third-order valence-corrected chi connectivity index (χ3v) is 4.38. The lowest BCUT2D eigenvalue weighted by Crippen LogP contribution is -2.52. The minimum atomic E-state index is -0.563. The van der Waals surface area contributed by atoms with Crippen molar-refractivity contribution < 1.29 is 19.4 Å². The molecule has 0 aromatic heterocycles. The van der Waals surface area contributed by atoms with Crippen LogP contribution in [0, 0.1) is 5.92 Å². The highest BCUT2D eigenvalue weighted by Crippen LogP contribution is 2.41. The molecule has 1 aliphatic carbocycles. The number of esters is 1. The molecule has 4 atom stereocenters. The van der Waals surface area contributed by atoms with Gasteiger partial charge in [-0.2, -0.15) is 0 Å². The zero-order chi connectivity index (χ0) is 14.0. The molecule has 2 fully saturated rings. The van der Waals surface area contributed by atoms with Crippen LogP contribution in [0.1, 0.15) is 25.7 Å². The van der Waals surface area contributed by atoms with Crippen molar-refractivity contribution in [2.45, 2.75) is 43.8 Å². The average Bonchev–Trinajstić information content (AvgIpc) is 2.98. The molecule has 2 N–H and O–H groups in total. The van der Waals surface area contributed by atoms with E-state index in [0.29, 0.717) is 12.0 Å². The van der Waals surface area contributed by atoms with E-state index in [2.05, 4.69) is 15.0 Å². The standard InChI is InChI=1S/C13H22N2O4/c1-15-10-4-3-8(5-10)12(15)13(18)14-9(7-16)6-11(17)19-2/h8-10,12,16H,3-7H2,1-2H3,(H,14,18)/t8-,9?,10+,12?/m1/s1. The van der Waals surface area contributed by atoms with E-state index < -0.39 is 12.0 Å². The molecular formula is C13H22N2O4. The van der Waals surface area contributed by atoms with Gasteiger partial charge < -0.3 is 15.2 Å². The van der Waals surface area contributed by atoms with Crippen molar-refractivity contribution in [3.8, 4) is 0 Å². The van der Waals surface area contributed by atoms with Gasteiger partial charge in [-0.15, -0.1) is 0 Å². The van der Waals surface area contributed by atoms with E-state index in [1.165, 1.54) is 7.11 Å². The first kappa shape index (κ1) is 14.3. The summed E-state index contributed by atoms with van der Waals surface area (Å²) in [6.45, 7) is -0.259. The molecule has 0 spiro atoms. The van der Waals surface area contributed by atoms with Crippen LogP contribution in [0.5, 0.6) is 0 Å². The van der Waals surface area contributed by atoms with Crippen LogP contribution >= 0.6 is 0 Å². The molecule has 2 bridgehead atoms. The molecule has 6 nitrogen and oxygen atoms in total. The molecule has 108 valence electrons. The van der Waals surface area contributed by atoms with E-state index in [1.54, 1.807) is 0 Å². The number of methoxy groups -OCH3 is 1. The summed E-state index contributed by atoms with van der Waals surface area (Å²) in [5.41, 5.74) is 0. The van der Waals surface area contributed by atoms with Gasteiger partial charge in [-0.25, -0.2) is 0 Å². The van der Waals surface area contributed by atoms with Gasteiger partial charge in [0.05, 0.1) is 32.2 Å². The quantitative estimate of drug-likeness (QED) is 0.659. The highest BCUT2D eigenvalue weighted by molar-refractivity contribution is 5.83. The Hall–Kier alpha value is -1.14. The maximum Gasteiger partial charge on any atom is 0.307 e. The fourth-order valence-corrected chi connectivity index (χ4v) is 3.34. The maximum absolute atomic E-state index is 12.3. The summed E-state index contributed by atoms with van der Waals surface area (Å²) in [4.78, 5) is 25.6. The fourth-order valence-electron chi connectivity index (χ4n) is 3.34. The van der Waals surface area contributed by atoms with Crippen LogP contribution in [-0.4, -0.2) is 60.8 Å². The Morgan fingerprint density at radius 1 is 1.47 bits per heavy atom. The van der Waals surface area contributed by atoms with Crippen LogP contribution in [0.4, 0.5) is 0 Å². The topological polar surface area (TPSA) is 78.9 Å². The second kappa shape index (κ2) is 5.88. The van der Waals surface area contributed by atoms with E-state index in [1.807, 2.05) is 7.05 Å². The first-order valence-corrected chi connectivity index (χ1v) is 6.76. The van der Waals surface area contributed by atoms with Gasteiger partial charge in [0.25, 0.3) is 0 Å². The van der Waals surface area contributed by atoms with Crippen LogP contribution in [-0.2, 0) is 14.3 Å². The molecule has 0 radical (unpaired) electrons. The maximum atomic E-state index is 12.3. The fraction of sp³-hybridized carbons (Fsp3) is 0.846. The summed E-state index contributed by atoms with van der Waals surface area (Å²) in [6, 6.07) is -0.174. The minimum Gasteiger partial charge on any atom is -0.469 e. The second-order valence-corrected chi connectivity index (χ2v) is 5.51. The number of hydrogen-bond acceptors (Lipinski definition) is 5. The summed E-state index contributed by atoms with van der Waals surface area (Å²) in [6.07, 6.45) is 3.34. The molecule has 1 saturated carbocycles. The van der Waals surface area contributed by atoms with Crippen LogP contribution in [0.25, 0.3) is 0 Å². The molecule has 1 heterocycles. The van der Waals surface area contributed by atoms with Crippen molar-refractivity contribution in [3.63, 3.8) is 0 Å². The number of rotatable bonds is 5. The van der Waals surface area contributed by atoms with Gasteiger partial charge in [0, 0.05) is 6.04 Å². The Morgan fingerprint density at radius 3 is 2.74 bits per heavy atom. The summed E-state index contributed by atoms with van der Waals surface area (Å²) < 4.78 is 4.55. The average molecular weight is 270 g/mol. The van der Waals surface area contributed by atoms with Crippen LogP contribution in [0.15, 0.2) is 0 Å². The van der Waals surface area contributed by atoms with Crippen molar-refractivity contribution in [3.05, 3.63) is 0 Å². The molecule has 19 heavy (non-hydrogen) atoms. The lowest BCUT2D eigenvalue weighted by molar-refractivity contribution is -0.141. The van der Waals surface area contributed by atoms with Gasteiger partial charge in [0.15, 0.2) is 0 Å². The lowest BCUT2D eigenvalue weighted by Gasteiger charge is -2.31. The molecule has 1 saturated heterocycles. The largest absolute Gasteiger partial charge is 0.469 e. The van der Waals surface area contributed by atoms with E-state index in [4.69, 9.17) is 0 Å². The number of ether oxygens (including phenoxy) is 1. The number of hydrogen-bond donors (Lipinski definition) is 2. The van der Waals surface area contributed by atoms with Gasteiger partial charge in [-0.1, -0.05) is 0 Å². The molecule has 2 unspecified atom stereocenters. The summed E-state index contributed by atoms with van der Waals surface area (Å²) in [5, 5.41) is 12.0. The number of aliphatic hydroxyl groups is 1. The van der Waals surface area contributed by atoms with Gasteiger partial charge in [-0.05, 0) is 32.2 Å². The Kier molecular flexibility index (Phi) is 4.42. The van der Waals surface area contributed by atoms with Crippen LogP contribution in [0.2, 0.25) is 0 Å². The van der Waals surface area contributed by atoms with Crippen molar-refractivity contribution >= 4 is 11.9 Å². The summed E-state index contributed by atoms with van der Waals surface area (Å²) in [5.74, 6) is -0.106. The second-order valence-electron chi connectivity index (χ2n) is 5.51. The van der Waals surface area contributed by atoms with E-state index in [-0.39, 0.29) is 25.0 Å². The number of likely N-dealkylation sites (N-methyl/N-ethyl adjacent to an activating group) is 1. The SMILES string of the molecule is COC(=O)CC(CO)NC(=O)C1[C@@H]2CC[C@@H](C2)N1C. The molecule has 0 aromatic rings. The van der Waals surface area contributed by atoms with Crippen LogP contribution < -0.4 is 5.32 Å². The molecule has 2 rings (SSSR count). The molecule has 1 aliphatic heterocycles. The van der Waals surface area contributed by atoms with Crippen molar-refractivity contribution in [2.24, 2.45) is 5.92 Å². The van der Waals surface area contributed by atoms with E-state index >= 15 is 0 Å². The number of aliphatic hydroxyl groups excluding tert-OH is 1. The van der Waals surface area contributed by atoms with E-state index in [9.17, 15) is 14.7 Å². The number of carbonyl (C=O) groups is 2. The highest BCUT2D eigenvalue weighted by Gasteiger charge is 2.47. The van der Waals surface area contributed by atoms with E-state index in [0.717, 1.165) is 19.3 Å². The number of carbonyl (C=O) groups excluding carboxylic acids is 2. The number of fused-ring (bicyclic) bond motifs is 2. The number of likely N-dealkylation sites (tertiary alicyclic amines) is 1. The monoisotopic (exact) mass is 270 g/mol. The smallest absolute Gasteiger partial charge is 0.307 e. The summed E-state index contributed by atoms with van der Waals surface area (Å²) in [7, 11) is 3.27. The summed E-state index contributed by atoms with van der Waals surface area (Å²) >= 11 is 0. The molecule has 1 amide bonds. The minimum absolute atomic E-state index is 0.00324. The van der Waals surface area contributed by atoms with Crippen LogP contribution in [0.3, 0.4) is 0 Å². The Balaban J connectivity index is 1.91. The number of amides is 1. The third-order valence-electron chi connectivity index (χ3n) is 4.38.